The van der Waals surface area contributed by atoms with Crippen molar-refractivity contribution in [1.29, 1.82) is 0 Å². The number of ether oxygens (including phenoxy) is 2. The van der Waals surface area contributed by atoms with Crippen molar-refractivity contribution in [2.24, 2.45) is 5.41 Å². The van der Waals surface area contributed by atoms with Gasteiger partial charge in [-0.1, -0.05) is 6.42 Å². The molecular formula is C13H24O2S. The molecule has 2 aliphatic rings. The van der Waals surface area contributed by atoms with Crippen molar-refractivity contribution in [3.05, 3.63) is 0 Å². The molecular weight excluding hydrogens is 220 g/mol. The summed E-state index contributed by atoms with van der Waals surface area (Å²) < 4.78 is 11.8. The van der Waals surface area contributed by atoms with Gasteiger partial charge in [0.1, 0.15) is 0 Å². The van der Waals surface area contributed by atoms with E-state index in [-0.39, 0.29) is 0 Å². The lowest BCUT2D eigenvalue weighted by Crippen LogP contribution is -2.40. The molecule has 0 aromatic carbocycles. The molecule has 3 heteroatoms. The van der Waals surface area contributed by atoms with Gasteiger partial charge in [-0.2, -0.15) is 12.6 Å². The minimum Gasteiger partial charge on any atom is -0.377 e. The van der Waals surface area contributed by atoms with Gasteiger partial charge in [0.2, 0.25) is 0 Å². The molecule has 1 saturated carbocycles. The molecule has 0 bridgehead atoms. The first-order chi connectivity index (χ1) is 7.63. The highest BCUT2D eigenvalue weighted by Crippen LogP contribution is 2.42. The van der Waals surface area contributed by atoms with Crippen LogP contribution < -0.4 is 0 Å². The van der Waals surface area contributed by atoms with Crippen LogP contribution in [0.1, 0.15) is 46.0 Å². The third kappa shape index (κ3) is 2.93. The smallest absolute Gasteiger partial charge is 0.0624 e. The fourth-order valence-corrected chi connectivity index (χ4v) is 3.21. The Morgan fingerprint density at radius 1 is 1.25 bits per heavy atom. The van der Waals surface area contributed by atoms with Gasteiger partial charge in [-0.25, -0.2) is 0 Å². The van der Waals surface area contributed by atoms with Gasteiger partial charge in [0.05, 0.1) is 24.9 Å². The zero-order chi connectivity index (χ0) is 11.6. The van der Waals surface area contributed by atoms with Crippen molar-refractivity contribution in [1.82, 2.24) is 0 Å². The van der Waals surface area contributed by atoms with E-state index in [1.807, 2.05) is 0 Å². The number of hydrogen-bond acceptors (Lipinski definition) is 3. The van der Waals surface area contributed by atoms with Crippen LogP contribution in [0.2, 0.25) is 0 Å². The van der Waals surface area contributed by atoms with E-state index in [9.17, 15) is 0 Å². The average molecular weight is 244 g/mol. The molecule has 0 radical (unpaired) electrons. The molecule has 1 heterocycles. The van der Waals surface area contributed by atoms with Crippen molar-refractivity contribution in [3.8, 4) is 0 Å². The van der Waals surface area contributed by atoms with Gasteiger partial charge in [-0.3, -0.25) is 0 Å². The second kappa shape index (κ2) is 5.28. The van der Waals surface area contributed by atoms with Crippen molar-refractivity contribution in [2.75, 3.05) is 12.4 Å². The minimum atomic E-state index is 0.349. The monoisotopic (exact) mass is 244 g/mol. The summed E-state index contributed by atoms with van der Waals surface area (Å²) in [4.78, 5) is 0. The Hall–Kier alpha value is 0.270. The topological polar surface area (TPSA) is 18.5 Å². The van der Waals surface area contributed by atoms with E-state index >= 15 is 0 Å². The van der Waals surface area contributed by atoms with Gasteiger partial charge in [-0.05, 0) is 45.3 Å². The summed E-state index contributed by atoms with van der Waals surface area (Å²) in [6.45, 7) is 5.19. The summed E-state index contributed by atoms with van der Waals surface area (Å²) in [6.07, 6.45) is 7.14. The Balaban J connectivity index is 1.76. The summed E-state index contributed by atoms with van der Waals surface area (Å²) in [6, 6.07) is 0. The number of thiol groups is 1. The van der Waals surface area contributed by atoms with Gasteiger partial charge in [0.25, 0.3) is 0 Å². The van der Waals surface area contributed by atoms with Crippen LogP contribution in [0.25, 0.3) is 0 Å². The Labute approximate surface area is 104 Å². The maximum absolute atomic E-state index is 6.09. The Morgan fingerprint density at radius 3 is 2.31 bits per heavy atom. The highest BCUT2D eigenvalue weighted by molar-refractivity contribution is 7.80. The van der Waals surface area contributed by atoms with Crippen molar-refractivity contribution in [2.45, 2.75) is 64.3 Å². The highest BCUT2D eigenvalue weighted by atomic mass is 32.1. The SMILES string of the molecule is CC1CC(OCC2(CS)CCC2)CC(C)O1. The van der Waals surface area contributed by atoms with Crippen molar-refractivity contribution >= 4 is 12.6 Å². The summed E-state index contributed by atoms with van der Waals surface area (Å²) in [5.74, 6) is 0.974. The van der Waals surface area contributed by atoms with Crippen LogP contribution in [0.4, 0.5) is 0 Å². The van der Waals surface area contributed by atoms with E-state index in [1.165, 1.54) is 19.3 Å². The molecule has 2 nitrogen and oxygen atoms in total. The zero-order valence-electron chi connectivity index (χ0n) is 10.4. The van der Waals surface area contributed by atoms with Gasteiger partial charge >= 0.3 is 0 Å². The van der Waals surface area contributed by atoms with Gasteiger partial charge < -0.3 is 9.47 Å². The standard InChI is InChI=1S/C13H24O2S/c1-10-6-12(7-11(2)15-10)14-8-13(9-16)4-3-5-13/h10-12,16H,3-9H2,1-2H3. The Bertz CT molecular complexity index is 212. The highest BCUT2D eigenvalue weighted by Gasteiger charge is 2.37. The van der Waals surface area contributed by atoms with Crippen LogP contribution >= 0.6 is 12.6 Å². The number of rotatable bonds is 4. The lowest BCUT2D eigenvalue weighted by molar-refractivity contribution is -0.121. The van der Waals surface area contributed by atoms with E-state index in [1.54, 1.807) is 0 Å². The van der Waals surface area contributed by atoms with Crippen LogP contribution in [0, 0.1) is 5.41 Å². The van der Waals surface area contributed by atoms with Crippen LogP contribution in [0.15, 0.2) is 0 Å². The third-order valence-electron chi connectivity index (χ3n) is 4.03. The predicted octanol–water partition coefficient (Wildman–Crippen LogP) is 3.06. The maximum atomic E-state index is 6.09. The van der Waals surface area contributed by atoms with Crippen LogP contribution in [0.3, 0.4) is 0 Å². The molecule has 1 aliphatic heterocycles. The molecule has 2 rings (SSSR count). The molecule has 2 unspecified atom stereocenters. The normalized spacial score (nSPS) is 38.1. The first-order valence-electron chi connectivity index (χ1n) is 6.51. The quantitative estimate of drug-likeness (QED) is 0.766. The first kappa shape index (κ1) is 12.7. The Kier molecular flexibility index (Phi) is 4.20. The second-order valence-corrected chi connectivity index (χ2v) is 5.99. The summed E-state index contributed by atoms with van der Waals surface area (Å²) in [7, 11) is 0. The van der Waals surface area contributed by atoms with E-state index in [0.717, 1.165) is 25.2 Å². The number of hydrogen-bond donors (Lipinski definition) is 1. The zero-order valence-corrected chi connectivity index (χ0v) is 11.3. The third-order valence-corrected chi connectivity index (χ3v) is 4.70. The first-order valence-corrected chi connectivity index (χ1v) is 7.15. The van der Waals surface area contributed by atoms with Crippen molar-refractivity contribution in [3.63, 3.8) is 0 Å². The predicted molar refractivity (Wildman–Crippen MR) is 69.1 cm³/mol. The van der Waals surface area contributed by atoms with Crippen LogP contribution in [-0.2, 0) is 9.47 Å². The van der Waals surface area contributed by atoms with Crippen molar-refractivity contribution < 1.29 is 9.47 Å². The largest absolute Gasteiger partial charge is 0.377 e. The summed E-state index contributed by atoms with van der Waals surface area (Å²) in [5.41, 5.74) is 0.397. The van der Waals surface area contributed by atoms with E-state index < -0.39 is 0 Å². The molecule has 0 aromatic rings. The molecule has 1 aliphatic carbocycles. The van der Waals surface area contributed by atoms with E-state index in [4.69, 9.17) is 9.47 Å². The van der Waals surface area contributed by atoms with E-state index in [0.29, 0.717) is 23.7 Å². The van der Waals surface area contributed by atoms with E-state index in [2.05, 4.69) is 26.5 Å². The molecule has 94 valence electrons. The molecule has 2 atom stereocenters. The van der Waals surface area contributed by atoms with Gasteiger partial charge in [0, 0.05) is 5.41 Å². The molecule has 0 aromatic heterocycles. The lowest BCUT2D eigenvalue weighted by Gasteiger charge is -2.42. The molecule has 16 heavy (non-hydrogen) atoms. The minimum absolute atomic E-state index is 0.349. The van der Waals surface area contributed by atoms with Gasteiger partial charge in [-0.15, -0.1) is 0 Å². The van der Waals surface area contributed by atoms with Gasteiger partial charge in [0.15, 0.2) is 0 Å². The fraction of sp³-hybridized carbons (Fsp3) is 1.00. The van der Waals surface area contributed by atoms with Crippen LogP contribution in [0.5, 0.6) is 0 Å². The Morgan fingerprint density at radius 2 is 1.88 bits per heavy atom. The summed E-state index contributed by atoms with van der Waals surface area (Å²) in [5, 5.41) is 0. The average Bonchev–Trinajstić information content (AvgIpc) is 2.15. The molecule has 0 N–H and O–H groups in total. The van der Waals surface area contributed by atoms with Crippen LogP contribution in [-0.4, -0.2) is 30.7 Å². The molecule has 2 fully saturated rings. The molecule has 0 spiro atoms. The molecule has 1 saturated heterocycles. The summed E-state index contributed by atoms with van der Waals surface area (Å²) >= 11 is 4.46. The molecule has 0 amide bonds. The lowest BCUT2D eigenvalue weighted by atomic mass is 9.71. The fourth-order valence-electron chi connectivity index (χ4n) is 2.80. The maximum Gasteiger partial charge on any atom is 0.0624 e. The second-order valence-electron chi connectivity index (χ2n) is 5.67.